The molecule has 262 valence electrons. The van der Waals surface area contributed by atoms with Crippen LogP contribution >= 0.6 is 0 Å². The van der Waals surface area contributed by atoms with Crippen molar-refractivity contribution < 1.29 is 37.5 Å². The molecule has 2 N–H and O–H groups in total. The minimum Gasteiger partial charge on any atom is -0.481 e. The molecule has 4 rings (SSSR count). The normalized spacial score (nSPS) is 14.4. The Morgan fingerprint density at radius 3 is 2.16 bits per heavy atom. The van der Waals surface area contributed by atoms with Gasteiger partial charge in [0.1, 0.15) is 6.04 Å². The number of likely N-dealkylation sites (N-methyl/N-ethyl adjacent to an activating group) is 1. The average molecular weight is 683 g/mol. The second kappa shape index (κ2) is 14.4. The van der Waals surface area contributed by atoms with Crippen molar-refractivity contribution in [2.45, 2.75) is 65.2 Å². The van der Waals surface area contributed by atoms with Crippen LogP contribution in [-0.2, 0) is 22.2 Å². The van der Waals surface area contributed by atoms with E-state index in [1.54, 1.807) is 45.0 Å². The number of hydrogen-bond donors (Lipinski definition) is 2. The van der Waals surface area contributed by atoms with E-state index in [2.05, 4.69) is 5.32 Å². The molecule has 0 fully saturated rings. The number of carbonyl (C=O) groups is 4. The van der Waals surface area contributed by atoms with Crippen LogP contribution in [0.25, 0.3) is 11.1 Å². The number of aromatic nitrogens is 1. The van der Waals surface area contributed by atoms with E-state index in [9.17, 15) is 42.3 Å². The van der Waals surface area contributed by atoms with Gasteiger partial charge in [-0.1, -0.05) is 32.0 Å². The summed E-state index contributed by atoms with van der Waals surface area (Å²) in [4.78, 5) is 68.9. The monoisotopic (exact) mass is 682 g/mol. The summed E-state index contributed by atoms with van der Waals surface area (Å²) >= 11 is 0. The van der Waals surface area contributed by atoms with Gasteiger partial charge in [0.2, 0.25) is 5.91 Å². The first kappa shape index (κ1) is 37.0. The van der Waals surface area contributed by atoms with Crippen molar-refractivity contribution in [2.24, 2.45) is 5.92 Å². The van der Waals surface area contributed by atoms with Crippen molar-refractivity contribution >= 4 is 23.7 Å². The smallest absolute Gasteiger partial charge is 0.416 e. The van der Waals surface area contributed by atoms with Gasteiger partial charge >= 0.3 is 12.1 Å². The lowest BCUT2D eigenvalue weighted by Crippen LogP contribution is -2.41. The third-order valence-corrected chi connectivity index (χ3v) is 8.69. The number of nitrogens with one attached hydrogen (secondary N) is 1. The number of amides is 3. The molecule has 13 heteroatoms. The maximum Gasteiger partial charge on any atom is 0.416 e. The van der Waals surface area contributed by atoms with Crippen LogP contribution in [0.4, 0.5) is 13.2 Å². The van der Waals surface area contributed by atoms with Crippen molar-refractivity contribution in [2.75, 3.05) is 27.7 Å². The Morgan fingerprint density at radius 2 is 1.61 bits per heavy atom. The Bertz CT molecular complexity index is 1840. The third kappa shape index (κ3) is 7.93. The summed E-state index contributed by atoms with van der Waals surface area (Å²) in [5.74, 6) is -3.61. The number of imide groups is 1. The highest BCUT2D eigenvalue weighted by Gasteiger charge is 2.39. The van der Waals surface area contributed by atoms with Gasteiger partial charge < -0.3 is 19.9 Å². The molecule has 0 unspecified atom stereocenters. The quantitative estimate of drug-likeness (QED) is 0.245. The van der Waals surface area contributed by atoms with Gasteiger partial charge in [0.25, 0.3) is 17.4 Å². The van der Waals surface area contributed by atoms with Crippen LogP contribution in [0.5, 0.6) is 0 Å². The zero-order valence-corrected chi connectivity index (χ0v) is 28.6. The van der Waals surface area contributed by atoms with Gasteiger partial charge in [0, 0.05) is 25.9 Å². The Morgan fingerprint density at radius 1 is 0.980 bits per heavy atom. The van der Waals surface area contributed by atoms with E-state index >= 15 is 0 Å². The summed E-state index contributed by atoms with van der Waals surface area (Å²) in [5, 5.41) is 12.7. The van der Waals surface area contributed by atoms with Crippen LogP contribution < -0.4 is 10.9 Å². The molecular formula is C36H41F3N4O6. The number of aliphatic carboxylic acids is 1. The largest absolute Gasteiger partial charge is 0.481 e. The zero-order valence-electron chi connectivity index (χ0n) is 28.6. The molecule has 49 heavy (non-hydrogen) atoms. The number of fused-ring (bicyclic) bond motifs is 1. The lowest BCUT2D eigenvalue weighted by Gasteiger charge is -2.27. The standard InChI is InChI=1S/C36H41F3N4O6/c1-19(2)13-28(43-18-22(11-12-41(5)6)26(16-29(43)44)36(37,38)39)33(47)40-27(17-30(45)46)24-14-23(31-20(3)9-8-10-21(31)4)15-25-32(24)35(49)42(7)34(25)48/h8-10,14-16,18-19,27-28H,11-13,17H2,1-7H3,(H,40,47)(H,45,46)/t27-,28+/m0/s1. The summed E-state index contributed by atoms with van der Waals surface area (Å²) in [5.41, 5.74) is 0.819. The van der Waals surface area contributed by atoms with Crippen LogP contribution in [0.15, 0.2) is 47.4 Å². The molecule has 2 heterocycles. The number of benzene rings is 2. The molecule has 3 aromatic rings. The Labute approximate surface area is 282 Å². The van der Waals surface area contributed by atoms with Gasteiger partial charge in [-0.05, 0) is 92.2 Å². The molecule has 3 amide bonds. The van der Waals surface area contributed by atoms with Crippen LogP contribution in [0.3, 0.4) is 0 Å². The fraction of sp³-hybridized carbons (Fsp3) is 0.417. The summed E-state index contributed by atoms with van der Waals surface area (Å²) in [6, 6.07) is 6.59. The van der Waals surface area contributed by atoms with E-state index in [0.29, 0.717) is 11.6 Å². The minimum atomic E-state index is -4.81. The number of carbonyl (C=O) groups excluding carboxylic acids is 3. The molecule has 1 aliphatic heterocycles. The van der Waals surface area contributed by atoms with Gasteiger partial charge in [-0.25, -0.2) is 0 Å². The van der Waals surface area contributed by atoms with Crippen molar-refractivity contribution in [1.29, 1.82) is 0 Å². The molecule has 0 aliphatic carbocycles. The van der Waals surface area contributed by atoms with Crippen molar-refractivity contribution in [3.63, 3.8) is 0 Å². The molecule has 10 nitrogen and oxygen atoms in total. The predicted molar refractivity (Wildman–Crippen MR) is 177 cm³/mol. The fourth-order valence-electron chi connectivity index (χ4n) is 6.32. The van der Waals surface area contributed by atoms with Gasteiger partial charge in [0.05, 0.1) is 29.2 Å². The van der Waals surface area contributed by atoms with Crippen molar-refractivity contribution in [3.05, 3.63) is 91.9 Å². The van der Waals surface area contributed by atoms with Crippen LogP contribution in [0.1, 0.15) is 87.3 Å². The van der Waals surface area contributed by atoms with Gasteiger partial charge in [-0.15, -0.1) is 0 Å². The zero-order chi connectivity index (χ0) is 36.5. The minimum absolute atomic E-state index is 0.0325. The number of carboxylic acid groups (broad SMARTS) is 1. The first-order valence-electron chi connectivity index (χ1n) is 15.9. The van der Waals surface area contributed by atoms with Crippen molar-refractivity contribution in [3.8, 4) is 11.1 Å². The molecule has 1 aromatic heterocycles. The molecule has 1 aliphatic rings. The second-order valence-corrected chi connectivity index (χ2v) is 13.2. The topological polar surface area (TPSA) is 129 Å². The summed E-state index contributed by atoms with van der Waals surface area (Å²) in [7, 11) is 4.70. The Balaban J connectivity index is 1.89. The number of halogens is 3. The molecule has 0 radical (unpaired) electrons. The molecule has 0 spiro atoms. The predicted octanol–water partition coefficient (Wildman–Crippen LogP) is 5.40. The molecular weight excluding hydrogens is 641 g/mol. The maximum atomic E-state index is 14.2. The lowest BCUT2D eigenvalue weighted by atomic mass is 9.87. The number of rotatable bonds is 12. The molecule has 0 saturated carbocycles. The highest BCUT2D eigenvalue weighted by atomic mass is 19.4. The van der Waals surface area contributed by atoms with E-state index in [0.717, 1.165) is 32.4 Å². The Kier molecular flexibility index (Phi) is 10.9. The van der Waals surface area contributed by atoms with E-state index in [1.807, 2.05) is 32.0 Å². The molecule has 0 bridgehead atoms. The van der Waals surface area contributed by atoms with Crippen LogP contribution in [0.2, 0.25) is 0 Å². The van der Waals surface area contributed by atoms with Crippen molar-refractivity contribution in [1.82, 2.24) is 19.7 Å². The van der Waals surface area contributed by atoms with Crippen LogP contribution in [0, 0.1) is 19.8 Å². The molecule has 2 aromatic carbocycles. The number of nitrogens with zero attached hydrogens (tertiary/aromatic N) is 3. The fourth-order valence-corrected chi connectivity index (χ4v) is 6.32. The van der Waals surface area contributed by atoms with Crippen LogP contribution in [-0.4, -0.2) is 70.9 Å². The molecule has 0 saturated heterocycles. The highest BCUT2D eigenvalue weighted by molar-refractivity contribution is 6.22. The third-order valence-electron chi connectivity index (χ3n) is 8.69. The summed E-state index contributed by atoms with van der Waals surface area (Å²) in [6.45, 7) is 7.54. The number of carboxylic acids is 1. The van der Waals surface area contributed by atoms with Gasteiger partial charge in [0.15, 0.2) is 0 Å². The van der Waals surface area contributed by atoms with E-state index in [1.165, 1.54) is 7.05 Å². The number of alkyl halides is 3. The van der Waals surface area contributed by atoms with Gasteiger partial charge in [-0.2, -0.15) is 13.2 Å². The highest BCUT2D eigenvalue weighted by Crippen LogP contribution is 2.38. The number of hydrogen-bond acceptors (Lipinski definition) is 6. The average Bonchev–Trinajstić information content (AvgIpc) is 3.21. The second-order valence-electron chi connectivity index (χ2n) is 13.2. The first-order valence-corrected chi connectivity index (χ1v) is 15.9. The van der Waals surface area contributed by atoms with Gasteiger partial charge in [-0.3, -0.25) is 28.9 Å². The Hall–Kier alpha value is -4.78. The maximum absolute atomic E-state index is 14.2. The SMILES string of the molecule is Cc1cccc(C)c1-c1cc2c(c([C@H](CC(=O)O)NC(=O)[C@@H](CC(C)C)n3cc(CCN(C)C)c(C(F)(F)F)cc3=O)c1)C(=O)N(C)C2=O. The summed E-state index contributed by atoms with van der Waals surface area (Å²) in [6.07, 6.45) is -4.46. The first-order chi connectivity index (χ1) is 22.8. The van der Waals surface area contributed by atoms with E-state index in [4.69, 9.17) is 0 Å². The number of aryl methyl sites for hydroxylation is 2. The molecule has 2 atom stereocenters. The summed E-state index contributed by atoms with van der Waals surface area (Å²) < 4.78 is 42.9. The lowest BCUT2D eigenvalue weighted by molar-refractivity contribution is -0.139. The van der Waals surface area contributed by atoms with E-state index in [-0.39, 0.29) is 47.6 Å². The van der Waals surface area contributed by atoms with E-state index < -0.39 is 59.5 Å². The number of pyridine rings is 1.